The van der Waals surface area contributed by atoms with E-state index in [0.29, 0.717) is 5.92 Å². The van der Waals surface area contributed by atoms with E-state index in [1.807, 2.05) is 30.5 Å². The number of para-hydroxylation sites is 1. The van der Waals surface area contributed by atoms with E-state index in [4.69, 9.17) is 13.5 Å². The third kappa shape index (κ3) is 7.41. The summed E-state index contributed by atoms with van der Waals surface area (Å²) in [5.74, 6) is 0.578. The first kappa shape index (κ1) is 28.4. The van der Waals surface area contributed by atoms with Gasteiger partial charge in [-0.1, -0.05) is 92.8 Å². The monoisotopic (exact) mass is 764 g/mol. The van der Waals surface area contributed by atoms with Crippen LogP contribution in [0.15, 0.2) is 95.7 Å². The molecule has 0 amide bonds. The molecule has 5 heteroatoms. The zero-order chi connectivity index (χ0) is 32.2. The average molecular weight is 764 g/mol. The van der Waals surface area contributed by atoms with Crippen molar-refractivity contribution in [3.05, 3.63) is 115 Å². The van der Waals surface area contributed by atoms with Crippen LogP contribution in [0.25, 0.3) is 44.5 Å². The Balaban J connectivity index is 0.000000240. The van der Waals surface area contributed by atoms with Crippen LogP contribution in [0.1, 0.15) is 54.3 Å². The molecule has 3 heterocycles. The van der Waals surface area contributed by atoms with Gasteiger partial charge in [0.1, 0.15) is 5.58 Å². The summed E-state index contributed by atoms with van der Waals surface area (Å²) < 4.78 is 28.1. The van der Waals surface area contributed by atoms with Gasteiger partial charge in [-0.3, -0.25) is 0 Å². The molecular weight excluding hydrogens is 721 g/mol. The first-order valence-corrected chi connectivity index (χ1v) is 18.3. The Hall–Kier alpha value is -3.37. The summed E-state index contributed by atoms with van der Waals surface area (Å²) in [6, 6.07) is 32.3. The molecule has 43 heavy (non-hydrogen) atoms. The normalized spacial score (nSPS) is 13.3. The fourth-order valence-corrected chi connectivity index (χ4v) is 6.95. The van der Waals surface area contributed by atoms with Crippen molar-refractivity contribution in [2.45, 2.75) is 65.5 Å². The molecule has 3 aromatic heterocycles. The minimum atomic E-state index is -2.09. The number of rotatable bonds is 7. The van der Waals surface area contributed by atoms with E-state index in [2.05, 4.69) is 87.0 Å². The Morgan fingerprint density at radius 1 is 0.930 bits per heavy atom. The quantitative estimate of drug-likeness (QED) is 0.120. The second-order valence-corrected chi connectivity index (χ2v) is 16.7. The molecule has 0 saturated heterocycles. The number of aryl methyl sites for hydroxylation is 1. The second kappa shape index (κ2) is 14.4. The number of aromatic nitrogens is 2. The third-order valence-electron chi connectivity index (χ3n) is 7.65. The van der Waals surface area contributed by atoms with Gasteiger partial charge in [0, 0.05) is 50.1 Å². The third-order valence-corrected chi connectivity index (χ3v) is 9.66. The smallest absolute Gasteiger partial charge is 0.120 e. The molecule has 0 fully saturated rings. The Morgan fingerprint density at radius 2 is 1.74 bits per heavy atom. The summed E-state index contributed by atoms with van der Waals surface area (Å²) in [5.41, 5.74) is 7.03. The minimum absolute atomic E-state index is 0. The Bertz CT molecular complexity index is 1880. The molecule has 3 nitrogen and oxygen atoms in total. The average Bonchev–Trinajstić information content (AvgIpc) is 3.43. The molecule has 0 aliphatic rings. The van der Waals surface area contributed by atoms with E-state index in [1.165, 1.54) is 40.6 Å². The molecule has 0 bridgehead atoms. The summed E-state index contributed by atoms with van der Waals surface area (Å²) in [6.45, 7) is 9.58. The van der Waals surface area contributed by atoms with Crippen LogP contribution in [-0.2, 0) is 20.1 Å². The SMILES string of the molecule is CCCC(CC)c1ccnc(-c2[c-]cc([Si](C)(C)C)c3c2oc2ccccc23)c1.[2H]C([2H])([2H])c1ccc(-c2[c-]cccc2)nc1.[Ir]. The molecule has 1 unspecified atom stereocenters. The fourth-order valence-electron chi connectivity index (χ4n) is 5.45. The Kier molecular flexibility index (Phi) is 9.51. The number of pyridine rings is 2. The molecule has 6 rings (SSSR count). The number of nitrogens with zero attached hydrogens (tertiary/aromatic N) is 2. The van der Waals surface area contributed by atoms with Gasteiger partial charge in [0.05, 0.1) is 5.58 Å². The van der Waals surface area contributed by atoms with E-state index in [-0.39, 0.29) is 25.7 Å². The van der Waals surface area contributed by atoms with Crippen LogP contribution in [0.2, 0.25) is 19.6 Å². The van der Waals surface area contributed by atoms with Crippen molar-refractivity contribution in [3.63, 3.8) is 0 Å². The van der Waals surface area contributed by atoms with Crippen molar-refractivity contribution in [2.75, 3.05) is 0 Å². The van der Waals surface area contributed by atoms with Crippen LogP contribution >= 0.6 is 0 Å². The van der Waals surface area contributed by atoms with Gasteiger partial charge in [-0.15, -0.1) is 53.2 Å². The number of fused-ring (bicyclic) bond motifs is 3. The summed E-state index contributed by atoms with van der Waals surface area (Å²) >= 11 is 0. The first-order valence-electron chi connectivity index (χ1n) is 16.3. The summed E-state index contributed by atoms with van der Waals surface area (Å²) in [7, 11) is -1.56. The zero-order valence-electron chi connectivity index (χ0n) is 28.5. The largest absolute Gasteiger partial charge is 0.501 e. The van der Waals surface area contributed by atoms with Gasteiger partial charge in [0.2, 0.25) is 0 Å². The van der Waals surface area contributed by atoms with Crippen molar-refractivity contribution < 1.29 is 28.6 Å². The predicted molar refractivity (Wildman–Crippen MR) is 180 cm³/mol. The Morgan fingerprint density at radius 3 is 2.42 bits per heavy atom. The molecule has 3 aromatic carbocycles. The standard InChI is InChI=1S/C26H30NOSi.C12H10N.Ir/c1-6-10-18(7-2)19-15-16-27-22(17-19)20-13-14-24(29(3,4)5)25-21-11-8-9-12-23(21)28-26(20)25;1-10-7-8-12(13-9-10)11-5-3-2-4-6-11;/h8-9,11-12,14-18H,6-7,10H2,1-5H3;2-5,7-9H,1H3;/q2*-1;/i;1D3;. The molecule has 0 aliphatic heterocycles. The molecule has 0 spiro atoms. The van der Waals surface area contributed by atoms with Crippen LogP contribution < -0.4 is 5.19 Å². The fraction of sp³-hybridized carbons (Fsp3) is 0.263. The maximum atomic E-state index is 7.23. The number of hydrogen-bond acceptors (Lipinski definition) is 3. The van der Waals surface area contributed by atoms with E-state index < -0.39 is 14.9 Å². The summed E-state index contributed by atoms with van der Waals surface area (Å²) in [5, 5.41) is 3.85. The van der Waals surface area contributed by atoms with Gasteiger partial charge in [0.25, 0.3) is 0 Å². The second-order valence-electron chi connectivity index (χ2n) is 11.7. The van der Waals surface area contributed by atoms with Crippen LogP contribution in [0.3, 0.4) is 0 Å². The minimum Gasteiger partial charge on any atom is -0.501 e. The molecule has 223 valence electrons. The van der Waals surface area contributed by atoms with E-state index >= 15 is 0 Å². The van der Waals surface area contributed by atoms with Crippen molar-refractivity contribution in [1.29, 1.82) is 0 Å². The zero-order valence-corrected chi connectivity index (χ0v) is 28.9. The van der Waals surface area contributed by atoms with Gasteiger partial charge in [-0.2, -0.15) is 0 Å². The summed E-state index contributed by atoms with van der Waals surface area (Å²) in [6.07, 6.45) is 6.88. The topological polar surface area (TPSA) is 38.9 Å². The summed E-state index contributed by atoms with van der Waals surface area (Å²) in [4.78, 5) is 8.84. The van der Waals surface area contributed by atoms with Gasteiger partial charge in [0.15, 0.2) is 0 Å². The molecule has 0 N–H and O–H groups in total. The van der Waals surface area contributed by atoms with Crippen LogP contribution in [-0.4, -0.2) is 18.0 Å². The molecule has 1 radical (unpaired) electrons. The van der Waals surface area contributed by atoms with Gasteiger partial charge in [-0.05, 0) is 54.7 Å². The van der Waals surface area contributed by atoms with Gasteiger partial charge < -0.3 is 14.4 Å². The molecule has 0 saturated carbocycles. The molecular formula is C38H40IrN2OSi-2. The molecule has 6 aromatic rings. The number of benzene rings is 3. The van der Waals surface area contributed by atoms with E-state index in [9.17, 15) is 0 Å². The van der Waals surface area contributed by atoms with Crippen LogP contribution in [0.4, 0.5) is 0 Å². The van der Waals surface area contributed by atoms with Crippen molar-refractivity contribution >= 4 is 35.2 Å². The first-order chi connectivity index (χ1) is 21.5. The predicted octanol–water partition coefficient (Wildman–Crippen LogP) is 10.1. The van der Waals surface area contributed by atoms with Gasteiger partial charge >= 0.3 is 0 Å². The number of hydrogen-bond donors (Lipinski definition) is 0. The van der Waals surface area contributed by atoms with Crippen molar-refractivity contribution in [1.82, 2.24) is 9.97 Å². The molecule has 0 aliphatic carbocycles. The Labute approximate surface area is 275 Å². The van der Waals surface area contributed by atoms with Crippen molar-refractivity contribution in [3.8, 4) is 22.5 Å². The van der Waals surface area contributed by atoms with Crippen LogP contribution in [0.5, 0.6) is 0 Å². The van der Waals surface area contributed by atoms with Gasteiger partial charge in [-0.25, -0.2) is 0 Å². The van der Waals surface area contributed by atoms with Crippen molar-refractivity contribution in [2.24, 2.45) is 0 Å². The van der Waals surface area contributed by atoms with Crippen LogP contribution in [0, 0.1) is 19.0 Å². The maximum Gasteiger partial charge on any atom is 0.120 e. The van der Waals surface area contributed by atoms with E-state index in [0.717, 1.165) is 40.1 Å². The number of furan rings is 1. The van der Waals surface area contributed by atoms with E-state index in [1.54, 1.807) is 18.2 Å². The maximum absolute atomic E-state index is 7.23. The molecule has 1 atom stereocenters.